The quantitative estimate of drug-likeness (QED) is 0.821. The number of imidazole rings is 1. The first-order valence-electron chi connectivity index (χ1n) is 6.70. The van der Waals surface area contributed by atoms with Crippen molar-refractivity contribution < 1.29 is 4.74 Å². The van der Waals surface area contributed by atoms with Crippen LogP contribution in [0.1, 0.15) is 31.3 Å². The van der Waals surface area contributed by atoms with E-state index in [-0.39, 0.29) is 0 Å². The van der Waals surface area contributed by atoms with Crippen molar-refractivity contribution in [2.75, 3.05) is 12.4 Å². The van der Waals surface area contributed by atoms with Gasteiger partial charge in [0.25, 0.3) is 0 Å². The highest BCUT2D eigenvalue weighted by atomic mass is 35.5. The number of aromatic nitrogens is 3. The van der Waals surface area contributed by atoms with E-state index in [4.69, 9.17) is 16.3 Å². The number of hydrogen-bond acceptors (Lipinski definition) is 4. The number of halogens is 1. The minimum atomic E-state index is 0.532. The zero-order valence-corrected chi connectivity index (χ0v) is 12.5. The Kier molecular flexibility index (Phi) is 5.24. The molecule has 0 spiro atoms. The molecule has 0 fully saturated rings. The number of methoxy groups -OCH3 is 1. The molecule has 0 aliphatic rings. The van der Waals surface area contributed by atoms with Crippen LogP contribution in [-0.4, -0.2) is 22.1 Å². The molecular formula is C14H19ClN4O. The van der Waals surface area contributed by atoms with Crippen molar-refractivity contribution in [2.24, 2.45) is 0 Å². The number of unbranched alkanes of at least 4 members (excludes halogenated alkanes) is 1. The number of pyridine rings is 1. The summed E-state index contributed by atoms with van der Waals surface area (Å²) >= 11 is 6.12. The van der Waals surface area contributed by atoms with Gasteiger partial charge in [-0.2, -0.15) is 0 Å². The Morgan fingerprint density at radius 1 is 1.40 bits per heavy atom. The predicted molar refractivity (Wildman–Crippen MR) is 80.3 cm³/mol. The van der Waals surface area contributed by atoms with Crippen LogP contribution in [0.4, 0.5) is 5.69 Å². The molecule has 0 saturated heterocycles. The Labute approximate surface area is 123 Å². The van der Waals surface area contributed by atoms with Gasteiger partial charge in [-0.3, -0.25) is 0 Å². The lowest BCUT2D eigenvalue weighted by Crippen LogP contribution is -2.01. The molecule has 0 saturated carbocycles. The molecular weight excluding hydrogens is 276 g/mol. The number of anilines is 1. The third kappa shape index (κ3) is 3.87. The fourth-order valence-electron chi connectivity index (χ4n) is 1.82. The van der Waals surface area contributed by atoms with Gasteiger partial charge >= 0.3 is 0 Å². The molecule has 0 amide bonds. The standard InChI is InChI=1S/C14H19ClN4O/c1-3-4-5-12-18-11(14(15)19-12)9-16-10-6-7-13(20-2)17-8-10/h6-8,16H,3-5,9H2,1-2H3,(H,18,19). The van der Waals surface area contributed by atoms with Crippen LogP contribution in [0.25, 0.3) is 0 Å². The minimum Gasteiger partial charge on any atom is -0.481 e. The van der Waals surface area contributed by atoms with E-state index in [9.17, 15) is 0 Å². The number of rotatable bonds is 7. The summed E-state index contributed by atoms with van der Waals surface area (Å²) in [5.74, 6) is 1.54. The van der Waals surface area contributed by atoms with E-state index >= 15 is 0 Å². The number of hydrogen-bond donors (Lipinski definition) is 2. The molecule has 2 aromatic rings. The monoisotopic (exact) mass is 294 g/mol. The summed E-state index contributed by atoms with van der Waals surface area (Å²) in [4.78, 5) is 11.7. The summed E-state index contributed by atoms with van der Waals surface area (Å²) in [5.41, 5.74) is 1.81. The number of nitrogens with one attached hydrogen (secondary N) is 2. The second-order valence-electron chi connectivity index (χ2n) is 4.50. The number of ether oxygens (including phenoxy) is 1. The first-order chi connectivity index (χ1) is 9.72. The van der Waals surface area contributed by atoms with Crippen LogP contribution in [0.5, 0.6) is 5.88 Å². The normalized spacial score (nSPS) is 10.6. The van der Waals surface area contributed by atoms with Gasteiger partial charge in [-0.1, -0.05) is 24.9 Å². The smallest absolute Gasteiger partial charge is 0.213 e. The van der Waals surface area contributed by atoms with Crippen molar-refractivity contribution >= 4 is 17.3 Å². The molecule has 108 valence electrons. The lowest BCUT2D eigenvalue weighted by molar-refractivity contribution is 0.398. The molecule has 0 aliphatic heterocycles. The van der Waals surface area contributed by atoms with Gasteiger partial charge in [0, 0.05) is 12.5 Å². The first-order valence-corrected chi connectivity index (χ1v) is 7.08. The van der Waals surface area contributed by atoms with Crippen molar-refractivity contribution in [1.82, 2.24) is 15.0 Å². The van der Waals surface area contributed by atoms with Gasteiger partial charge < -0.3 is 15.0 Å². The van der Waals surface area contributed by atoms with Crippen molar-refractivity contribution in [2.45, 2.75) is 32.7 Å². The minimum absolute atomic E-state index is 0.532. The molecule has 2 aromatic heterocycles. The molecule has 6 heteroatoms. The molecule has 2 N–H and O–H groups in total. The van der Waals surface area contributed by atoms with Crippen LogP contribution >= 0.6 is 11.6 Å². The topological polar surface area (TPSA) is 62.8 Å². The third-order valence-electron chi connectivity index (χ3n) is 2.96. The highest BCUT2D eigenvalue weighted by Gasteiger charge is 2.07. The maximum absolute atomic E-state index is 6.12. The van der Waals surface area contributed by atoms with Crippen LogP contribution in [0.3, 0.4) is 0 Å². The average Bonchev–Trinajstić information content (AvgIpc) is 2.83. The van der Waals surface area contributed by atoms with Crippen LogP contribution in [0.2, 0.25) is 5.15 Å². The van der Waals surface area contributed by atoms with Crippen LogP contribution in [0.15, 0.2) is 18.3 Å². The number of nitrogens with zero attached hydrogens (tertiary/aromatic N) is 2. The summed E-state index contributed by atoms with van der Waals surface area (Å²) < 4.78 is 5.02. The molecule has 0 radical (unpaired) electrons. The van der Waals surface area contributed by atoms with E-state index in [0.717, 1.165) is 36.5 Å². The van der Waals surface area contributed by atoms with Crippen molar-refractivity contribution in [3.63, 3.8) is 0 Å². The Bertz CT molecular complexity index is 539. The summed E-state index contributed by atoms with van der Waals surface area (Å²) in [6, 6.07) is 3.72. The highest BCUT2D eigenvalue weighted by Crippen LogP contribution is 2.17. The molecule has 2 rings (SSSR count). The lowest BCUT2D eigenvalue weighted by Gasteiger charge is -2.05. The van der Waals surface area contributed by atoms with Crippen LogP contribution < -0.4 is 10.1 Å². The third-order valence-corrected chi connectivity index (χ3v) is 3.27. The van der Waals surface area contributed by atoms with Gasteiger partial charge in [-0.05, 0) is 12.5 Å². The van der Waals surface area contributed by atoms with Gasteiger partial charge in [0.05, 0.1) is 31.2 Å². The largest absolute Gasteiger partial charge is 0.481 e. The average molecular weight is 295 g/mol. The fourth-order valence-corrected chi connectivity index (χ4v) is 2.03. The number of aromatic amines is 1. The molecule has 20 heavy (non-hydrogen) atoms. The zero-order valence-electron chi connectivity index (χ0n) is 11.7. The molecule has 0 atom stereocenters. The van der Waals surface area contributed by atoms with E-state index in [1.165, 1.54) is 0 Å². The first kappa shape index (κ1) is 14.7. The number of H-pyrrole nitrogens is 1. The summed E-state index contributed by atoms with van der Waals surface area (Å²) in [6.07, 6.45) is 4.91. The lowest BCUT2D eigenvalue weighted by atomic mass is 10.2. The maximum atomic E-state index is 6.12. The predicted octanol–water partition coefficient (Wildman–Crippen LogP) is 3.42. The molecule has 0 aliphatic carbocycles. The van der Waals surface area contributed by atoms with Crippen molar-refractivity contribution in [1.29, 1.82) is 0 Å². The molecule has 0 bridgehead atoms. The second kappa shape index (κ2) is 7.14. The van der Waals surface area contributed by atoms with Crippen molar-refractivity contribution in [3.05, 3.63) is 35.0 Å². The Hall–Kier alpha value is -1.75. The van der Waals surface area contributed by atoms with E-state index < -0.39 is 0 Å². The van der Waals surface area contributed by atoms with Crippen LogP contribution in [0, 0.1) is 0 Å². The van der Waals surface area contributed by atoms with Gasteiger partial charge in [0.1, 0.15) is 5.82 Å². The summed E-state index contributed by atoms with van der Waals surface area (Å²) in [7, 11) is 1.59. The second-order valence-corrected chi connectivity index (χ2v) is 4.86. The van der Waals surface area contributed by atoms with E-state index in [0.29, 0.717) is 17.6 Å². The zero-order chi connectivity index (χ0) is 14.4. The Balaban J connectivity index is 1.94. The fraction of sp³-hybridized carbons (Fsp3) is 0.429. The molecule has 2 heterocycles. The molecule has 5 nitrogen and oxygen atoms in total. The van der Waals surface area contributed by atoms with Gasteiger partial charge in [0.2, 0.25) is 5.88 Å². The van der Waals surface area contributed by atoms with E-state index in [2.05, 4.69) is 27.2 Å². The van der Waals surface area contributed by atoms with E-state index in [1.807, 2.05) is 12.1 Å². The number of aryl methyl sites for hydroxylation is 1. The van der Waals surface area contributed by atoms with Gasteiger partial charge in [-0.25, -0.2) is 9.97 Å². The van der Waals surface area contributed by atoms with Crippen molar-refractivity contribution in [3.8, 4) is 5.88 Å². The highest BCUT2D eigenvalue weighted by molar-refractivity contribution is 6.30. The summed E-state index contributed by atoms with van der Waals surface area (Å²) in [6.45, 7) is 2.75. The SMILES string of the molecule is CCCCc1nc(Cl)c(CNc2ccc(OC)nc2)[nH]1. The Morgan fingerprint density at radius 3 is 2.90 bits per heavy atom. The van der Waals surface area contributed by atoms with Crippen LogP contribution in [-0.2, 0) is 13.0 Å². The Morgan fingerprint density at radius 2 is 2.25 bits per heavy atom. The molecule has 0 aromatic carbocycles. The van der Waals surface area contributed by atoms with Gasteiger partial charge in [-0.15, -0.1) is 0 Å². The van der Waals surface area contributed by atoms with Gasteiger partial charge in [0.15, 0.2) is 5.15 Å². The van der Waals surface area contributed by atoms with E-state index in [1.54, 1.807) is 13.3 Å². The maximum Gasteiger partial charge on any atom is 0.213 e. The summed E-state index contributed by atoms with van der Waals surface area (Å²) in [5, 5.41) is 3.78. The molecule has 0 unspecified atom stereocenters.